The maximum atomic E-state index is 12.9. The summed E-state index contributed by atoms with van der Waals surface area (Å²) >= 11 is 1.61. The van der Waals surface area contributed by atoms with Crippen LogP contribution < -0.4 is 0 Å². The quantitative estimate of drug-likeness (QED) is 0.846. The predicted octanol–water partition coefficient (Wildman–Crippen LogP) is 4.45. The Hall–Kier alpha value is -1.36. The van der Waals surface area contributed by atoms with Crippen LogP contribution in [0, 0.1) is 5.82 Å². The Morgan fingerprint density at radius 1 is 1.25 bits per heavy atom. The van der Waals surface area contributed by atoms with E-state index < -0.39 is 0 Å². The van der Waals surface area contributed by atoms with Crippen molar-refractivity contribution in [3.05, 3.63) is 41.5 Å². The molecule has 0 amide bonds. The zero-order valence-corrected chi connectivity index (χ0v) is 12.3. The summed E-state index contributed by atoms with van der Waals surface area (Å²) < 4.78 is 12.9. The standard InChI is InChI=1S/C15H18FN3S/c1-10(11-6-8-13(16)9-7-11)20-15-17-14(18-19-15)12-4-2-3-5-12/h6-10,12H,2-5H2,1H3,(H,17,18,19). The SMILES string of the molecule is CC(Sc1n[nH]c(C2CCCC2)n1)c1ccc(F)cc1. The highest BCUT2D eigenvalue weighted by Gasteiger charge is 2.21. The van der Waals surface area contributed by atoms with Gasteiger partial charge in [0.1, 0.15) is 11.6 Å². The molecule has 1 aromatic heterocycles. The number of benzene rings is 1. The molecule has 3 nitrogen and oxygen atoms in total. The van der Waals surface area contributed by atoms with E-state index in [0.717, 1.165) is 16.5 Å². The second-order valence-electron chi connectivity index (χ2n) is 5.30. The third-order valence-electron chi connectivity index (χ3n) is 3.85. The molecule has 1 heterocycles. The second-order valence-corrected chi connectivity index (χ2v) is 6.60. The Balaban J connectivity index is 1.66. The first-order valence-corrected chi connectivity index (χ1v) is 7.95. The van der Waals surface area contributed by atoms with Gasteiger partial charge in [0.15, 0.2) is 0 Å². The number of hydrogen-bond donors (Lipinski definition) is 1. The number of aromatic nitrogens is 3. The van der Waals surface area contributed by atoms with Gasteiger partial charge in [-0.05, 0) is 37.5 Å². The van der Waals surface area contributed by atoms with Crippen LogP contribution in [-0.4, -0.2) is 15.2 Å². The van der Waals surface area contributed by atoms with E-state index >= 15 is 0 Å². The van der Waals surface area contributed by atoms with Gasteiger partial charge in [-0.3, -0.25) is 5.10 Å². The number of halogens is 1. The molecule has 0 bridgehead atoms. The molecule has 0 radical (unpaired) electrons. The highest BCUT2D eigenvalue weighted by molar-refractivity contribution is 7.99. The molecule has 0 spiro atoms. The van der Waals surface area contributed by atoms with Crippen LogP contribution in [0.4, 0.5) is 4.39 Å². The topological polar surface area (TPSA) is 41.6 Å². The number of hydrogen-bond acceptors (Lipinski definition) is 3. The molecule has 0 aliphatic heterocycles. The Kier molecular flexibility index (Phi) is 4.05. The van der Waals surface area contributed by atoms with Gasteiger partial charge in [-0.1, -0.05) is 36.7 Å². The molecule has 1 saturated carbocycles. The molecule has 1 aromatic carbocycles. The summed E-state index contributed by atoms with van der Waals surface area (Å²) in [5.41, 5.74) is 1.09. The molecule has 2 aromatic rings. The maximum Gasteiger partial charge on any atom is 0.209 e. The number of thioether (sulfide) groups is 1. The Morgan fingerprint density at radius 2 is 1.95 bits per heavy atom. The first kappa shape index (κ1) is 13.6. The van der Waals surface area contributed by atoms with Crippen LogP contribution in [-0.2, 0) is 0 Å². The molecule has 5 heteroatoms. The minimum absolute atomic E-state index is 0.202. The van der Waals surface area contributed by atoms with Gasteiger partial charge in [-0.25, -0.2) is 9.37 Å². The molecule has 1 N–H and O–H groups in total. The molecular formula is C15H18FN3S. The van der Waals surface area contributed by atoms with Gasteiger partial charge in [0.05, 0.1) is 0 Å². The smallest absolute Gasteiger partial charge is 0.209 e. The highest BCUT2D eigenvalue weighted by Crippen LogP contribution is 2.35. The van der Waals surface area contributed by atoms with Crippen molar-refractivity contribution in [1.82, 2.24) is 15.2 Å². The lowest BCUT2D eigenvalue weighted by molar-refractivity contribution is 0.627. The molecule has 20 heavy (non-hydrogen) atoms. The summed E-state index contributed by atoms with van der Waals surface area (Å²) in [5, 5.41) is 8.36. The third-order valence-corrected chi connectivity index (χ3v) is 4.86. The van der Waals surface area contributed by atoms with Gasteiger partial charge < -0.3 is 0 Å². The van der Waals surface area contributed by atoms with Crippen LogP contribution in [0.15, 0.2) is 29.4 Å². The average molecular weight is 291 g/mol. The summed E-state index contributed by atoms with van der Waals surface area (Å²) in [7, 11) is 0. The van der Waals surface area contributed by atoms with Crippen LogP contribution in [0.2, 0.25) is 0 Å². The van der Waals surface area contributed by atoms with E-state index in [4.69, 9.17) is 0 Å². The third kappa shape index (κ3) is 3.03. The van der Waals surface area contributed by atoms with Crippen molar-refractivity contribution in [2.45, 2.75) is 48.9 Å². The van der Waals surface area contributed by atoms with Crippen molar-refractivity contribution in [3.8, 4) is 0 Å². The van der Waals surface area contributed by atoms with Crippen LogP contribution in [0.25, 0.3) is 0 Å². The largest absolute Gasteiger partial charge is 0.262 e. The molecule has 1 unspecified atom stereocenters. The summed E-state index contributed by atoms with van der Waals surface area (Å²) in [5.74, 6) is 1.38. The number of aromatic amines is 1. The predicted molar refractivity (Wildman–Crippen MR) is 78.3 cm³/mol. The molecular weight excluding hydrogens is 273 g/mol. The van der Waals surface area contributed by atoms with Crippen molar-refractivity contribution >= 4 is 11.8 Å². The monoisotopic (exact) mass is 291 g/mol. The number of nitrogens with one attached hydrogen (secondary N) is 1. The fourth-order valence-corrected chi connectivity index (χ4v) is 3.51. The lowest BCUT2D eigenvalue weighted by atomic mass is 10.1. The molecule has 1 aliphatic carbocycles. The van der Waals surface area contributed by atoms with Crippen molar-refractivity contribution in [2.24, 2.45) is 0 Å². The van der Waals surface area contributed by atoms with Crippen molar-refractivity contribution in [1.29, 1.82) is 0 Å². The van der Waals surface area contributed by atoms with E-state index in [1.807, 2.05) is 12.1 Å². The van der Waals surface area contributed by atoms with E-state index in [1.54, 1.807) is 11.8 Å². The Bertz CT molecular complexity index is 561. The molecule has 1 fully saturated rings. The Labute approximate surface area is 122 Å². The van der Waals surface area contributed by atoms with Gasteiger partial charge in [-0.15, -0.1) is 5.10 Å². The summed E-state index contributed by atoms with van der Waals surface area (Å²) in [6, 6.07) is 6.62. The van der Waals surface area contributed by atoms with E-state index in [1.165, 1.54) is 37.8 Å². The van der Waals surface area contributed by atoms with Crippen molar-refractivity contribution < 1.29 is 4.39 Å². The molecule has 1 atom stereocenters. The van der Waals surface area contributed by atoms with Crippen LogP contribution >= 0.6 is 11.8 Å². The maximum absolute atomic E-state index is 12.9. The van der Waals surface area contributed by atoms with Gasteiger partial charge in [0, 0.05) is 11.2 Å². The molecule has 106 valence electrons. The van der Waals surface area contributed by atoms with Crippen LogP contribution in [0.1, 0.15) is 55.2 Å². The van der Waals surface area contributed by atoms with Gasteiger partial charge in [0.2, 0.25) is 5.16 Å². The van der Waals surface area contributed by atoms with Crippen molar-refractivity contribution in [3.63, 3.8) is 0 Å². The van der Waals surface area contributed by atoms with Gasteiger partial charge >= 0.3 is 0 Å². The lowest BCUT2D eigenvalue weighted by Gasteiger charge is -2.08. The van der Waals surface area contributed by atoms with Crippen molar-refractivity contribution in [2.75, 3.05) is 0 Å². The number of rotatable bonds is 4. The van der Waals surface area contributed by atoms with E-state index in [-0.39, 0.29) is 11.1 Å². The minimum Gasteiger partial charge on any atom is -0.262 e. The average Bonchev–Trinajstić information content (AvgIpc) is 3.09. The zero-order valence-electron chi connectivity index (χ0n) is 11.5. The number of H-pyrrole nitrogens is 1. The molecule has 3 rings (SSSR count). The first-order valence-electron chi connectivity index (χ1n) is 7.07. The zero-order chi connectivity index (χ0) is 13.9. The number of nitrogens with zero attached hydrogens (tertiary/aromatic N) is 2. The van der Waals surface area contributed by atoms with Gasteiger partial charge in [-0.2, -0.15) is 0 Å². The molecule has 0 saturated heterocycles. The van der Waals surface area contributed by atoms with E-state index in [0.29, 0.717) is 5.92 Å². The molecule has 1 aliphatic rings. The summed E-state index contributed by atoms with van der Waals surface area (Å²) in [6.07, 6.45) is 5.01. The van der Waals surface area contributed by atoms with Gasteiger partial charge in [0.25, 0.3) is 0 Å². The summed E-state index contributed by atoms with van der Waals surface area (Å²) in [6.45, 7) is 2.09. The van der Waals surface area contributed by atoms with E-state index in [2.05, 4.69) is 22.1 Å². The van der Waals surface area contributed by atoms with E-state index in [9.17, 15) is 4.39 Å². The van der Waals surface area contributed by atoms with Crippen LogP contribution in [0.5, 0.6) is 0 Å². The minimum atomic E-state index is -0.202. The Morgan fingerprint density at radius 3 is 2.65 bits per heavy atom. The van der Waals surface area contributed by atoms with Crippen LogP contribution in [0.3, 0.4) is 0 Å². The second kappa shape index (κ2) is 5.95. The fourth-order valence-electron chi connectivity index (χ4n) is 2.65. The normalized spacial score (nSPS) is 17.5. The highest BCUT2D eigenvalue weighted by atomic mass is 32.2. The lowest BCUT2D eigenvalue weighted by Crippen LogP contribution is -1.94. The summed E-state index contributed by atoms with van der Waals surface area (Å²) in [4.78, 5) is 4.60. The first-order chi connectivity index (χ1) is 9.72. The fraction of sp³-hybridized carbons (Fsp3) is 0.467.